The molecule has 0 saturated heterocycles. The van der Waals surface area contributed by atoms with Crippen LogP contribution in [0.3, 0.4) is 0 Å². The highest BCUT2D eigenvalue weighted by Gasteiger charge is 2.02. The molecule has 0 amide bonds. The molecule has 5 heteroatoms. The van der Waals surface area contributed by atoms with Crippen LogP contribution in [-0.2, 0) is 4.79 Å². The zero-order valence-electron chi connectivity index (χ0n) is 7.79. The zero-order chi connectivity index (χ0) is 10.5. The monoisotopic (exact) mass is 200 g/mol. The highest BCUT2D eigenvalue weighted by Crippen LogP contribution is 2.09. The van der Waals surface area contributed by atoms with Gasteiger partial charge in [0.15, 0.2) is 11.6 Å². The predicted molar refractivity (Wildman–Crippen MR) is 54.7 cm³/mol. The highest BCUT2D eigenvalue weighted by molar-refractivity contribution is 5.73. The minimum atomic E-state index is 0.531. The number of nitrogens with one attached hydrogen (secondary N) is 1. The number of hydrogen-bond donors (Lipinski definition) is 1. The normalized spacial score (nSPS) is 10.7. The number of hydrogen-bond acceptors (Lipinski definition) is 4. The van der Waals surface area contributed by atoms with Crippen molar-refractivity contribution >= 4 is 12.4 Å². The van der Waals surface area contributed by atoms with E-state index in [1.807, 2.05) is 0 Å². The molecule has 2 aromatic heterocycles. The van der Waals surface area contributed by atoms with Gasteiger partial charge in [0.1, 0.15) is 6.29 Å². The Labute approximate surface area is 85.9 Å². The van der Waals surface area contributed by atoms with Crippen molar-refractivity contribution in [2.45, 2.75) is 0 Å². The van der Waals surface area contributed by atoms with Crippen LogP contribution in [0.15, 0.2) is 30.7 Å². The summed E-state index contributed by atoms with van der Waals surface area (Å²) in [5.74, 6) is 1.12. The first-order valence-electron chi connectivity index (χ1n) is 4.34. The van der Waals surface area contributed by atoms with Crippen molar-refractivity contribution in [3.05, 3.63) is 36.4 Å². The largest absolute Gasteiger partial charge is 0.336 e. The van der Waals surface area contributed by atoms with E-state index in [2.05, 4.69) is 19.9 Å². The molecule has 2 heterocycles. The number of H-pyrrole nitrogens is 1. The average Bonchev–Trinajstić information content (AvgIpc) is 2.76. The summed E-state index contributed by atoms with van der Waals surface area (Å²) in [4.78, 5) is 25.3. The minimum Gasteiger partial charge on any atom is -0.336 e. The van der Waals surface area contributed by atoms with Crippen molar-refractivity contribution in [3.63, 3.8) is 0 Å². The molecule has 2 rings (SSSR count). The van der Waals surface area contributed by atoms with E-state index in [1.54, 1.807) is 30.7 Å². The molecule has 2 aromatic rings. The molecule has 0 atom stereocenters. The molecule has 0 fully saturated rings. The predicted octanol–water partition coefficient (Wildman–Crippen LogP) is 1.08. The molecule has 0 aromatic carbocycles. The molecule has 0 bridgehead atoms. The van der Waals surface area contributed by atoms with Gasteiger partial charge in [-0.3, -0.25) is 4.79 Å². The van der Waals surface area contributed by atoms with E-state index in [0.29, 0.717) is 17.9 Å². The van der Waals surface area contributed by atoms with E-state index < -0.39 is 0 Å². The van der Waals surface area contributed by atoms with Crippen LogP contribution in [0.4, 0.5) is 0 Å². The lowest BCUT2D eigenvalue weighted by Gasteiger charge is -1.91. The summed E-state index contributed by atoms with van der Waals surface area (Å²) in [5.41, 5.74) is 0.740. The Kier molecular flexibility index (Phi) is 2.64. The van der Waals surface area contributed by atoms with Gasteiger partial charge < -0.3 is 4.98 Å². The lowest BCUT2D eigenvalue weighted by Crippen LogP contribution is -1.88. The summed E-state index contributed by atoms with van der Waals surface area (Å²) in [6.07, 6.45) is 8.64. The van der Waals surface area contributed by atoms with Gasteiger partial charge in [-0.2, -0.15) is 0 Å². The van der Waals surface area contributed by atoms with Crippen LogP contribution in [-0.4, -0.2) is 26.2 Å². The molecule has 0 unspecified atom stereocenters. The average molecular weight is 200 g/mol. The highest BCUT2D eigenvalue weighted by atomic mass is 16.1. The third-order valence-corrected chi connectivity index (χ3v) is 1.73. The lowest BCUT2D eigenvalue weighted by atomic mass is 10.4. The summed E-state index contributed by atoms with van der Waals surface area (Å²) in [6, 6.07) is 1.74. The smallest absolute Gasteiger partial charge is 0.195 e. The molecule has 0 spiro atoms. The molecular weight excluding hydrogens is 192 g/mol. The third kappa shape index (κ3) is 2.14. The summed E-state index contributed by atoms with van der Waals surface area (Å²) in [7, 11) is 0. The van der Waals surface area contributed by atoms with Crippen molar-refractivity contribution < 1.29 is 4.79 Å². The fourth-order valence-corrected chi connectivity index (χ4v) is 1.10. The number of carbonyl (C=O) groups is 1. The van der Waals surface area contributed by atoms with Crippen LogP contribution < -0.4 is 0 Å². The van der Waals surface area contributed by atoms with E-state index in [4.69, 9.17) is 0 Å². The van der Waals surface area contributed by atoms with Crippen LogP contribution in [0, 0.1) is 0 Å². The summed E-state index contributed by atoms with van der Waals surface area (Å²) in [6.45, 7) is 0. The van der Waals surface area contributed by atoms with Crippen molar-refractivity contribution in [2.75, 3.05) is 0 Å². The summed E-state index contributed by atoms with van der Waals surface area (Å²) < 4.78 is 0. The Bertz CT molecular complexity index is 475. The van der Waals surface area contributed by atoms with Gasteiger partial charge in [-0.1, -0.05) is 0 Å². The summed E-state index contributed by atoms with van der Waals surface area (Å²) >= 11 is 0. The number of aldehydes is 1. The number of aromatic amines is 1. The molecule has 0 radical (unpaired) electrons. The first-order valence-corrected chi connectivity index (χ1v) is 4.34. The Balaban J connectivity index is 2.28. The second-order valence-electron chi connectivity index (χ2n) is 2.75. The molecule has 5 nitrogen and oxygen atoms in total. The van der Waals surface area contributed by atoms with Gasteiger partial charge in [0, 0.05) is 12.4 Å². The minimum absolute atomic E-state index is 0.531. The molecule has 1 N–H and O–H groups in total. The maximum Gasteiger partial charge on any atom is 0.195 e. The SMILES string of the molecule is O=CC=Cc1cnc(-c2ncccn2)[nH]1. The van der Waals surface area contributed by atoms with Crippen LogP contribution in [0.25, 0.3) is 17.7 Å². The van der Waals surface area contributed by atoms with Gasteiger partial charge >= 0.3 is 0 Å². The number of imidazole rings is 1. The first-order chi connectivity index (χ1) is 7.40. The second-order valence-corrected chi connectivity index (χ2v) is 2.75. The van der Waals surface area contributed by atoms with E-state index in [9.17, 15) is 4.79 Å². The molecule has 0 saturated carbocycles. The van der Waals surface area contributed by atoms with Crippen molar-refractivity contribution in [2.24, 2.45) is 0 Å². The molecule has 0 aliphatic heterocycles. The van der Waals surface area contributed by atoms with Crippen LogP contribution >= 0.6 is 0 Å². The van der Waals surface area contributed by atoms with Crippen LogP contribution in [0.1, 0.15) is 5.69 Å². The molecule has 0 aliphatic carbocycles. The van der Waals surface area contributed by atoms with E-state index in [-0.39, 0.29) is 0 Å². The Morgan fingerprint density at radius 3 is 2.73 bits per heavy atom. The van der Waals surface area contributed by atoms with Crippen LogP contribution in [0.5, 0.6) is 0 Å². The molecule has 15 heavy (non-hydrogen) atoms. The fraction of sp³-hybridized carbons (Fsp3) is 0. The molecular formula is C10H8N4O. The number of rotatable bonds is 3. The van der Waals surface area contributed by atoms with E-state index in [0.717, 1.165) is 5.69 Å². The van der Waals surface area contributed by atoms with Crippen molar-refractivity contribution in [1.29, 1.82) is 0 Å². The number of carbonyl (C=O) groups excluding carboxylic acids is 1. The maximum atomic E-state index is 10.1. The van der Waals surface area contributed by atoms with Crippen molar-refractivity contribution in [3.8, 4) is 11.6 Å². The first kappa shape index (κ1) is 9.26. The van der Waals surface area contributed by atoms with Gasteiger partial charge in [-0.15, -0.1) is 0 Å². The number of allylic oxidation sites excluding steroid dienone is 1. The number of aromatic nitrogens is 4. The number of nitrogens with zero attached hydrogens (tertiary/aromatic N) is 3. The summed E-state index contributed by atoms with van der Waals surface area (Å²) in [5, 5.41) is 0. The van der Waals surface area contributed by atoms with Crippen LogP contribution in [0.2, 0.25) is 0 Å². The van der Waals surface area contributed by atoms with Crippen molar-refractivity contribution in [1.82, 2.24) is 19.9 Å². The fourth-order valence-electron chi connectivity index (χ4n) is 1.10. The zero-order valence-corrected chi connectivity index (χ0v) is 7.79. The third-order valence-electron chi connectivity index (χ3n) is 1.73. The standard InChI is InChI=1S/C10H8N4O/c15-6-1-3-8-7-13-10(14-8)9-11-4-2-5-12-9/h1-7H,(H,13,14). The molecule has 0 aliphatic rings. The van der Waals surface area contributed by atoms with Gasteiger partial charge in [-0.05, 0) is 18.2 Å². The topological polar surface area (TPSA) is 71.5 Å². The van der Waals surface area contributed by atoms with E-state index in [1.165, 1.54) is 6.08 Å². The lowest BCUT2D eigenvalue weighted by molar-refractivity contribution is -0.104. The Morgan fingerprint density at radius 1 is 1.20 bits per heavy atom. The van der Waals surface area contributed by atoms with Gasteiger partial charge in [0.05, 0.1) is 11.9 Å². The maximum absolute atomic E-state index is 10.1. The quantitative estimate of drug-likeness (QED) is 0.594. The van der Waals surface area contributed by atoms with Gasteiger partial charge in [0.25, 0.3) is 0 Å². The molecule has 74 valence electrons. The van der Waals surface area contributed by atoms with Gasteiger partial charge in [-0.25, -0.2) is 15.0 Å². The Morgan fingerprint density at radius 2 is 2.00 bits per heavy atom. The second kappa shape index (κ2) is 4.28. The Hall–Kier alpha value is -2.30. The van der Waals surface area contributed by atoms with E-state index >= 15 is 0 Å². The van der Waals surface area contributed by atoms with Gasteiger partial charge in [0.2, 0.25) is 0 Å².